The minimum absolute atomic E-state index is 0.127. The van der Waals surface area contributed by atoms with Crippen LogP contribution < -0.4 is 15.4 Å². The third kappa shape index (κ3) is 6.51. The Labute approximate surface area is 173 Å². The summed E-state index contributed by atoms with van der Waals surface area (Å²) in [4.78, 5) is 6.72. The lowest BCUT2D eigenvalue weighted by Gasteiger charge is -2.26. The molecular formula is C22H34N4O3. The van der Waals surface area contributed by atoms with Crippen LogP contribution in [0.15, 0.2) is 45.8 Å². The van der Waals surface area contributed by atoms with Gasteiger partial charge in [0.15, 0.2) is 5.96 Å². The van der Waals surface area contributed by atoms with Crippen molar-refractivity contribution in [3.63, 3.8) is 0 Å². The van der Waals surface area contributed by atoms with E-state index in [1.54, 1.807) is 20.1 Å². The second-order valence-corrected chi connectivity index (χ2v) is 7.52. The highest BCUT2D eigenvalue weighted by molar-refractivity contribution is 5.79. The van der Waals surface area contributed by atoms with Crippen molar-refractivity contribution in [3.8, 4) is 5.75 Å². The van der Waals surface area contributed by atoms with E-state index in [1.807, 2.05) is 52.2 Å². The summed E-state index contributed by atoms with van der Waals surface area (Å²) in [5.41, 5.74) is -0.0274. The van der Waals surface area contributed by atoms with Gasteiger partial charge in [-0.1, -0.05) is 12.1 Å². The molecule has 0 radical (unpaired) electrons. The van der Waals surface area contributed by atoms with Crippen LogP contribution in [0.25, 0.3) is 0 Å². The molecule has 1 aromatic carbocycles. The quantitative estimate of drug-likeness (QED) is 0.442. The molecule has 2 aromatic rings. The van der Waals surface area contributed by atoms with E-state index in [-0.39, 0.29) is 12.6 Å². The first-order valence-corrected chi connectivity index (χ1v) is 9.88. The van der Waals surface area contributed by atoms with Crippen LogP contribution in [0.1, 0.15) is 37.0 Å². The number of nitrogens with zero attached hydrogens (tertiary/aromatic N) is 2. The lowest BCUT2D eigenvalue weighted by Crippen LogP contribution is -2.42. The van der Waals surface area contributed by atoms with Crippen molar-refractivity contribution in [3.05, 3.63) is 53.5 Å². The van der Waals surface area contributed by atoms with Gasteiger partial charge in [-0.3, -0.25) is 0 Å². The predicted octanol–water partition coefficient (Wildman–Crippen LogP) is 2.66. The second kappa shape index (κ2) is 10.3. The molecule has 0 bridgehead atoms. The molecule has 7 heteroatoms. The number of benzene rings is 1. The van der Waals surface area contributed by atoms with Crippen LogP contribution in [0.5, 0.6) is 5.75 Å². The van der Waals surface area contributed by atoms with E-state index >= 15 is 0 Å². The number of rotatable bonds is 9. The fourth-order valence-corrected chi connectivity index (χ4v) is 3.02. The van der Waals surface area contributed by atoms with Crippen molar-refractivity contribution in [1.82, 2.24) is 15.5 Å². The molecule has 0 spiro atoms. The zero-order chi connectivity index (χ0) is 21.4. The number of hydrogen-bond acceptors (Lipinski definition) is 5. The van der Waals surface area contributed by atoms with Gasteiger partial charge in [-0.2, -0.15) is 0 Å². The molecule has 2 atom stereocenters. The van der Waals surface area contributed by atoms with Gasteiger partial charge >= 0.3 is 0 Å². The Hall–Kier alpha value is -2.51. The Morgan fingerprint density at radius 1 is 1.28 bits per heavy atom. The van der Waals surface area contributed by atoms with Crippen LogP contribution >= 0.6 is 0 Å². The molecule has 0 fully saturated rings. The number of guanidine groups is 1. The van der Waals surface area contributed by atoms with E-state index in [0.29, 0.717) is 18.3 Å². The van der Waals surface area contributed by atoms with E-state index in [9.17, 15) is 5.11 Å². The Morgan fingerprint density at radius 2 is 2.03 bits per heavy atom. The lowest BCUT2D eigenvalue weighted by molar-refractivity contribution is 0.0428. The van der Waals surface area contributed by atoms with E-state index in [4.69, 9.17) is 9.15 Å². The first-order valence-electron chi connectivity index (χ1n) is 9.88. The summed E-state index contributed by atoms with van der Waals surface area (Å²) >= 11 is 0. The summed E-state index contributed by atoms with van der Waals surface area (Å²) < 4.78 is 10.9. The maximum absolute atomic E-state index is 10.7. The monoisotopic (exact) mass is 402 g/mol. The molecule has 0 aliphatic carbocycles. The van der Waals surface area contributed by atoms with Crippen LogP contribution in [0.4, 0.5) is 0 Å². The van der Waals surface area contributed by atoms with Crippen LogP contribution in [0.2, 0.25) is 0 Å². The molecule has 1 aromatic heterocycles. The first-order chi connectivity index (χ1) is 13.8. The van der Waals surface area contributed by atoms with Gasteiger partial charge in [-0.25, -0.2) is 4.99 Å². The highest BCUT2D eigenvalue weighted by Crippen LogP contribution is 2.24. The standard InChI is InChI=1S/C22H34N4O3/c1-7-23-21(25-15-22(3,27)20-12-11-16(2)29-20)24-14-19(26(4)5)17-9-8-10-18(13-17)28-6/h8-13,19,27H,7,14-15H2,1-6H3,(H2,23,24,25). The highest BCUT2D eigenvalue weighted by Gasteiger charge is 2.27. The van der Waals surface area contributed by atoms with Crippen molar-refractivity contribution in [2.75, 3.05) is 40.8 Å². The maximum atomic E-state index is 10.7. The molecule has 0 aliphatic rings. The van der Waals surface area contributed by atoms with E-state index in [0.717, 1.165) is 23.6 Å². The summed E-state index contributed by atoms with van der Waals surface area (Å²) in [5.74, 6) is 2.75. The van der Waals surface area contributed by atoms with Crippen LogP contribution in [0.3, 0.4) is 0 Å². The number of hydrogen-bond donors (Lipinski definition) is 3. The van der Waals surface area contributed by atoms with Crippen LogP contribution in [0, 0.1) is 6.92 Å². The topological polar surface area (TPSA) is 82.3 Å². The van der Waals surface area contributed by atoms with Crippen molar-refractivity contribution in [2.24, 2.45) is 4.99 Å². The van der Waals surface area contributed by atoms with Gasteiger partial charge in [0.2, 0.25) is 0 Å². The smallest absolute Gasteiger partial charge is 0.191 e. The van der Waals surface area contributed by atoms with Gasteiger partial charge in [0.05, 0.1) is 19.7 Å². The number of nitrogens with one attached hydrogen (secondary N) is 2. The van der Waals surface area contributed by atoms with Gasteiger partial charge in [0, 0.05) is 13.1 Å². The third-order valence-electron chi connectivity index (χ3n) is 4.73. The molecular weight excluding hydrogens is 368 g/mol. The Morgan fingerprint density at radius 3 is 2.62 bits per heavy atom. The van der Waals surface area contributed by atoms with Crippen molar-refractivity contribution < 1.29 is 14.3 Å². The molecule has 7 nitrogen and oxygen atoms in total. The molecule has 0 aliphatic heterocycles. The number of aliphatic imine (C=N–C) groups is 1. The summed E-state index contributed by atoms with van der Waals surface area (Å²) in [5, 5.41) is 17.4. The van der Waals surface area contributed by atoms with E-state index in [2.05, 4.69) is 26.6 Å². The van der Waals surface area contributed by atoms with E-state index < -0.39 is 5.60 Å². The largest absolute Gasteiger partial charge is 0.497 e. The molecule has 3 N–H and O–H groups in total. The number of aliphatic hydroxyl groups is 1. The zero-order valence-electron chi connectivity index (χ0n) is 18.3. The zero-order valence-corrected chi connectivity index (χ0v) is 18.3. The minimum Gasteiger partial charge on any atom is -0.497 e. The SMILES string of the molecule is CCNC(=NCC(C)(O)c1ccc(C)o1)NCC(c1cccc(OC)c1)N(C)C. The molecule has 0 amide bonds. The fourth-order valence-electron chi connectivity index (χ4n) is 3.02. The predicted molar refractivity (Wildman–Crippen MR) is 116 cm³/mol. The van der Waals surface area contributed by atoms with Crippen molar-refractivity contribution in [2.45, 2.75) is 32.4 Å². The summed E-state index contributed by atoms with van der Waals surface area (Å²) in [6.45, 7) is 7.12. The molecule has 29 heavy (non-hydrogen) atoms. The second-order valence-electron chi connectivity index (χ2n) is 7.52. The average molecular weight is 403 g/mol. The van der Waals surface area contributed by atoms with Crippen molar-refractivity contribution in [1.29, 1.82) is 0 Å². The van der Waals surface area contributed by atoms with Gasteiger partial charge in [0.25, 0.3) is 0 Å². The van der Waals surface area contributed by atoms with E-state index in [1.165, 1.54) is 0 Å². The average Bonchev–Trinajstić information content (AvgIpc) is 3.13. The summed E-state index contributed by atoms with van der Waals surface area (Å²) in [6, 6.07) is 11.8. The highest BCUT2D eigenvalue weighted by atomic mass is 16.5. The fraction of sp³-hybridized carbons (Fsp3) is 0.500. The minimum atomic E-state index is -1.18. The first kappa shape index (κ1) is 22.8. The number of aryl methyl sites for hydroxylation is 1. The number of furan rings is 1. The summed E-state index contributed by atoms with van der Waals surface area (Å²) in [7, 11) is 5.75. The number of likely N-dealkylation sites (N-methyl/N-ethyl adjacent to an activating group) is 1. The molecule has 0 saturated carbocycles. The van der Waals surface area contributed by atoms with Crippen LogP contribution in [-0.4, -0.2) is 56.8 Å². The van der Waals surface area contributed by atoms with Gasteiger partial charge in [-0.15, -0.1) is 0 Å². The van der Waals surface area contributed by atoms with Crippen LogP contribution in [-0.2, 0) is 5.60 Å². The molecule has 2 unspecified atom stereocenters. The number of methoxy groups -OCH3 is 1. The number of ether oxygens (including phenoxy) is 1. The molecule has 2 rings (SSSR count). The lowest BCUT2D eigenvalue weighted by atomic mass is 10.0. The Bertz CT molecular complexity index is 799. The third-order valence-corrected chi connectivity index (χ3v) is 4.73. The Kier molecular flexibility index (Phi) is 8.10. The molecule has 0 saturated heterocycles. The normalized spacial score (nSPS) is 15.1. The Balaban J connectivity index is 2.10. The summed E-state index contributed by atoms with van der Waals surface area (Å²) in [6.07, 6.45) is 0. The van der Waals surface area contributed by atoms with Gasteiger partial charge < -0.3 is 29.8 Å². The molecule has 160 valence electrons. The molecule has 1 heterocycles. The van der Waals surface area contributed by atoms with Gasteiger partial charge in [-0.05, 0) is 64.7 Å². The van der Waals surface area contributed by atoms with Crippen molar-refractivity contribution >= 4 is 5.96 Å². The maximum Gasteiger partial charge on any atom is 0.191 e. The van der Waals surface area contributed by atoms with Gasteiger partial charge in [0.1, 0.15) is 22.9 Å².